The van der Waals surface area contributed by atoms with E-state index in [2.05, 4.69) is 41.4 Å². The maximum absolute atomic E-state index is 12.7. The topological polar surface area (TPSA) is 65.8 Å². The van der Waals surface area contributed by atoms with Crippen molar-refractivity contribution in [1.82, 2.24) is 15.1 Å². The lowest BCUT2D eigenvalue weighted by atomic mass is 9.95. The van der Waals surface area contributed by atoms with Gasteiger partial charge in [-0.15, -0.1) is 0 Å². The van der Waals surface area contributed by atoms with Gasteiger partial charge in [0, 0.05) is 25.6 Å². The summed E-state index contributed by atoms with van der Waals surface area (Å²) in [4.78, 5) is 29.0. The second-order valence-corrected chi connectivity index (χ2v) is 7.71. The molecule has 0 spiro atoms. The fraction of sp³-hybridized carbons (Fsp3) is 0.455. The number of hydrogen-bond acceptors (Lipinski definition) is 4. The van der Waals surface area contributed by atoms with E-state index in [4.69, 9.17) is 4.42 Å². The fourth-order valence-corrected chi connectivity index (χ4v) is 3.64. The minimum atomic E-state index is -0.0470. The van der Waals surface area contributed by atoms with Gasteiger partial charge in [0.1, 0.15) is 6.26 Å². The number of hydrogen-bond donors (Lipinski definition) is 1. The Morgan fingerprint density at radius 1 is 1.18 bits per heavy atom. The summed E-state index contributed by atoms with van der Waals surface area (Å²) in [6.45, 7) is 3.83. The number of nitrogens with one attached hydrogen (secondary N) is 1. The summed E-state index contributed by atoms with van der Waals surface area (Å²) in [5, 5.41) is 3.12. The highest BCUT2D eigenvalue weighted by molar-refractivity contribution is 5.94. The van der Waals surface area contributed by atoms with Gasteiger partial charge in [0.05, 0.1) is 17.9 Å². The third kappa shape index (κ3) is 4.81. The van der Waals surface area contributed by atoms with Crippen molar-refractivity contribution in [3.63, 3.8) is 0 Å². The van der Waals surface area contributed by atoms with Gasteiger partial charge in [0.25, 0.3) is 5.91 Å². The van der Waals surface area contributed by atoms with Gasteiger partial charge in [-0.2, -0.15) is 0 Å². The van der Waals surface area contributed by atoms with Crippen LogP contribution in [0.5, 0.6) is 0 Å². The predicted octanol–water partition coefficient (Wildman–Crippen LogP) is 2.86. The van der Waals surface area contributed by atoms with Crippen LogP contribution in [0.4, 0.5) is 0 Å². The van der Waals surface area contributed by atoms with Crippen molar-refractivity contribution in [2.24, 2.45) is 5.92 Å². The lowest BCUT2D eigenvalue weighted by molar-refractivity contribution is -0.126. The Morgan fingerprint density at radius 2 is 1.86 bits per heavy atom. The van der Waals surface area contributed by atoms with Crippen LogP contribution in [0.3, 0.4) is 0 Å². The lowest BCUT2D eigenvalue weighted by Crippen LogP contribution is -2.44. The normalized spacial score (nSPS) is 16.2. The van der Waals surface area contributed by atoms with E-state index in [-0.39, 0.29) is 23.8 Å². The smallest absolute Gasteiger partial charge is 0.257 e. The number of likely N-dealkylation sites (tertiary alicyclic amines) is 1. The molecule has 28 heavy (non-hydrogen) atoms. The number of benzene rings is 1. The molecular formula is C22H29N3O3. The molecule has 0 aliphatic carbocycles. The Morgan fingerprint density at radius 3 is 2.43 bits per heavy atom. The number of amides is 2. The molecule has 1 aromatic carbocycles. The number of piperidine rings is 1. The quantitative estimate of drug-likeness (QED) is 0.833. The first-order valence-corrected chi connectivity index (χ1v) is 9.78. The van der Waals surface area contributed by atoms with Crippen LogP contribution in [-0.2, 0) is 4.79 Å². The second-order valence-electron chi connectivity index (χ2n) is 7.71. The third-order valence-electron chi connectivity index (χ3n) is 5.48. The third-order valence-corrected chi connectivity index (χ3v) is 5.48. The van der Waals surface area contributed by atoms with Crippen molar-refractivity contribution in [3.05, 3.63) is 59.5 Å². The number of rotatable bonds is 6. The SMILES string of the molecule is Cc1ccc(C(CNC(=O)C2CCN(C(=O)c3ccoc3)CC2)N(C)C)cc1. The zero-order chi connectivity index (χ0) is 20.1. The summed E-state index contributed by atoms with van der Waals surface area (Å²) < 4.78 is 4.99. The van der Waals surface area contributed by atoms with E-state index in [9.17, 15) is 9.59 Å². The molecule has 1 N–H and O–H groups in total. The molecule has 6 heteroatoms. The Kier molecular flexibility index (Phi) is 6.52. The largest absolute Gasteiger partial charge is 0.472 e. The van der Waals surface area contributed by atoms with Gasteiger partial charge in [0.2, 0.25) is 5.91 Å². The molecule has 2 aromatic rings. The van der Waals surface area contributed by atoms with Crippen molar-refractivity contribution in [2.45, 2.75) is 25.8 Å². The van der Waals surface area contributed by atoms with E-state index in [1.54, 1.807) is 11.0 Å². The molecule has 3 rings (SSSR count). The van der Waals surface area contributed by atoms with Crippen LogP contribution in [0.15, 0.2) is 47.3 Å². The number of carbonyl (C=O) groups is 2. The molecule has 2 heterocycles. The first-order chi connectivity index (χ1) is 13.5. The van der Waals surface area contributed by atoms with Crippen LogP contribution in [-0.4, -0.2) is 55.3 Å². The van der Waals surface area contributed by atoms with Crippen LogP contribution in [0, 0.1) is 12.8 Å². The minimum absolute atomic E-state index is 0.0281. The van der Waals surface area contributed by atoms with Crippen molar-refractivity contribution < 1.29 is 14.0 Å². The molecule has 0 bridgehead atoms. The zero-order valence-corrected chi connectivity index (χ0v) is 16.9. The van der Waals surface area contributed by atoms with Crippen LogP contribution in [0.25, 0.3) is 0 Å². The van der Waals surface area contributed by atoms with E-state index in [1.807, 2.05) is 14.1 Å². The number of carbonyl (C=O) groups excluding carboxylic acids is 2. The standard InChI is InChI=1S/C22H29N3O3/c1-16-4-6-17(7-5-16)20(24(2)3)14-23-21(26)18-8-11-25(12-9-18)22(27)19-10-13-28-15-19/h4-7,10,13,15,18,20H,8-9,11-12,14H2,1-3H3,(H,23,26). The van der Waals surface area contributed by atoms with Crippen LogP contribution < -0.4 is 5.32 Å². The maximum atomic E-state index is 12.7. The molecule has 0 radical (unpaired) electrons. The first-order valence-electron chi connectivity index (χ1n) is 9.78. The number of aryl methyl sites for hydroxylation is 1. The zero-order valence-electron chi connectivity index (χ0n) is 16.9. The average molecular weight is 383 g/mol. The predicted molar refractivity (Wildman–Crippen MR) is 108 cm³/mol. The van der Waals surface area contributed by atoms with E-state index in [1.165, 1.54) is 23.7 Å². The monoisotopic (exact) mass is 383 g/mol. The molecule has 150 valence electrons. The number of furan rings is 1. The van der Waals surface area contributed by atoms with Gasteiger partial charge in [-0.05, 0) is 45.5 Å². The number of nitrogens with zero attached hydrogens (tertiary/aromatic N) is 2. The Hall–Kier alpha value is -2.60. The van der Waals surface area contributed by atoms with Gasteiger partial charge in [-0.25, -0.2) is 0 Å². The van der Waals surface area contributed by atoms with Crippen molar-refractivity contribution >= 4 is 11.8 Å². The van der Waals surface area contributed by atoms with Gasteiger partial charge in [-0.1, -0.05) is 29.8 Å². The molecular weight excluding hydrogens is 354 g/mol. The van der Waals surface area contributed by atoms with Crippen molar-refractivity contribution in [2.75, 3.05) is 33.7 Å². The Bertz CT molecular complexity index is 776. The molecule has 0 saturated carbocycles. The summed E-state index contributed by atoms with van der Waals surface area (Å²) in [7, 11) is 4.05. The van der Waals surface area contributed by atoms with Crippen molar-refractivity contribution in [1.29, 1.82) is 0 Å². The lowest BCUT2D eigenvalue weighted by Gasteiger charge is -2.32. The highest BCUT2D eigenvalue weighted by atomic mass is 16.3. The van der Waals surface area contributed by atoms with Crippen molar-refractivity contribution in [3.8, 4) is 0 Å². The molecule has 6 nitrogen and oxygen atoms in total. The highest BCUT2D eigenvalue weighted by Crippen LogP contribution is 2.21. The van der Waals surface area contributed by atoms with Gasteiger partial charge >= 0.3 is 0 Å². The van der Waals surface area contributed by atoms with E-state index in [0.29, 0.717) is 38.0 Å². The summed E-state index contributed by atoms with van der Waals surface area (Å²) >= 11 is 0. The van der Waals surface area contributed by atoms with Gasteiger partial charge in [-0.3, -0.25) is 9.59 Å². The molecule has 1 fully saturated rings. The van der Waals surface area contributed by atoms with Crippen LogP contribution in [0.2, 0.25) is 0 Å². The van der Waals surface area contributed by atoms with E-state index < -0.39 is 0 Å². The average Bonchev–Trinajstić information content (AvgIpc) is 3.23. The summed E-state index contributed by atoms with van der Waals surface area (Å²) in [6, 6.07) is 10.2. The molecule has 1 aliphatic rings. The second kappa shape index (κ2) is 9.06. The highest BCUT2D eigenvalue weighted by Gasteiger charge is 2.28. The Labute approximate surface area is 166 Å². The summed E-state index contributed by atoms with van der Waals surface area (Å²) in [5.74, 6) is 0.00301. The van der Waals surface area contributed by atoms with Gasteiger partial charge in [0.15, 0.2) is 0 Å². The summed E-state index contributed by atoms with van der Waals surface area (Å²) in [5.41, 5.74) is 2.98. The molecule has 1 aromatic heterocycles. The van der Waals surface area contributed by atoms with Crippen LogP contribution >= 0.6 is 0 Å². The van der Waals surface area contributed by atoms with Crippen LogP contribution in [0.1, 0.15) is 40.4 Å². The van der Waals surface area contributed by atoms with Gasteiger partial charge < -0.3 is 19.5 Å². The van der Waals surface area contributed by atoms with E-state index in [0.717, 1.165) is 0 Å². The fourth-order valence-electron chi connectivity index (χ4n) is 3.64. The minimum Gasteiger partial charge on any atom is -0.472 e. The maximum Gasteiger partial charge on any atom is 0.257 e. The molecule has 2 amide bonds. The molecule has 1 saturated heterocycles. The molecule has 1 aliphatic heterocycles. The molecule has 1 atom stereocenters. The molecule has 1 unspecified atom stereocenters. The number of likely N-dealkylation sites (N-methyl/N-ethyl adjacent to an activating group) is 1. The Balaban J connectivity index is 1.51. The first kappa shape index (κ1) is 20.1. The summed E-state index contributed by atoms with van der Waals surface area (Å²) in [6.07, 6.45) is 4.34. The van der Waals surface area contributed by atoms with E-state index >= 15 is 0 Å².